The monoisotopic (exact) mass is 355 g/mol. The highest BCUT2D eigenvalue weighted by Crippen LogP contribution is 2.23. The molecule has 0 aliphatic heterocycles. The van der Waals surface area contributed by atoms with Gasteiger partial charge in [-0.15, -0.1) is 0 Å². The van der Waals surface area contributed by atoms with E-state index in [-0.39, 0.29) is 25.2 Å². The lowest BCUT2D eigenvalue weighted by Gasteiger charge is -2.29. The average molecular weight is 355 g/mol. The Kier molecular flexibility index (Phi) is 6.10. The summed E-state index contributed by atoms with van der Waals surface area (Å²) in [6.07, 6.45) is 4.47. The largest absolute Gasteiger partial charge is 0.482 e. The lowest BCUT2D eigenvalue weighted by Crippen LogP contribution is -2.43. The summed E-state index contributed by atoms with van der Waals surface area (Å²) in [5.41, 5.74) is 0. The zero-order chi connectivity index (χ0) is 18.4. The first kappa shape index (κ1) is 18.2. The predicted molar refractivity (Wildman–Crippen MR) is 100.0 cm³/mol. The summed E-state index contributed by atoms with van der Waals surface area (Å²) in [5.74, 6) is 0.272. The molecule has 1 fully saturated rings. The SMILES string of the molecule is C[C@H]1CCCC[C@H]1NC(=O)COC(=O)COc1ccc2ccccc2c1. The highest BCUT2D eigenvalue weighted by atomic mass is 16.6. The van der Waals surface area contributed by atoms with Crippen LogP contribution >= 0.6 is 0 Å². The smallest absolute Gasteiger partial charge is 0.344 e. The quantitative estimate of drug-likeness (QED) is 0.806. The molecule has 1 amide bonds. The van der Waals surface area contributed by atoms with Crippen LogP contribution in [0.2, 0.25) is 0 Å². The molecule has 5 nitrogen and oxygen atoms in total. The van der Waals surface area contributed by atoms with Crippen molar-refractivity contribution in [2.45, 2.75) is 38.6 Å². The van der Waals surface area contributed by atoms with Crippen LogP contribution in [0.5, 0.6) is 5.75 Å². The first-order valence-electron chi connectivity index (χ1n) is 9.18. The van der Waals surface area contributed by atoms with Crippen LogP contribution in [0.4, 0.5) is 0 Å². The van der Waals surface area contributed by atoms with Crippen LogP contribution < -0.4 is 10.1 Å². The topological polar surface area (TPSA) is 64.6 Å². The Morgan fingerprint density at radius 3 is 2.62 bits per heavy atom. The van der Waals surface area contributed by atoms with E-state index in [0.717, 1.165) is 30.0 Å². The highest BCUT2D eigenvalue weighted by Gasteiger charge is 2.23. The van der Waals surface area contributed by atoms with Gasteiger partial charge in [-0.25, -0.2) is 4.79 Å². The van der Waals surface area contributed by atoms with Crippen LogP contribution in [0.3, 0.4) is 0 Å². The molecule has 0 radical (unpaired) electrons. The molecule has 0 bridgehead atoms. The molecule has 0 saturated heterocycles. The van der Waals surface area contributed by atoms with Crippen molar-refractivity contribution in [1.29, 1.82) is 0 Å². The van der Waals surface area contributed by atoms with E-state index in [1.54, 1.807) is 0 Å². The van der Waals surface area contributed by atoms with Crippen LogP contribution in [0, 0.1) is 5.92 Å². The van der Waals surface area contributed by atoms with Gasteiger partial charge in [-0.3, -0.25) is 4.79 Å². The van der Waals surface area contributed by atoms with E-state index in [9.17, 15) is 9.59 Å². The van der Waals surface area contributed by atoms with Crippen molar-refractivity contribution < 1.29 is 19.1 Å². The van der Waals surface area contributed by atoms with Crippen LogP contribution in [0.25, 0.3) is 10.8 Å². The zero-order valence-corrected chi connectivity index (χ0v) is 15.1. The summed E-state index contributed by atoms with van der Waals surface area (Å²) in [6, 6.07) is 13.7. The van der Waals surface area contributed by atoms with Crippen LogP contribution in [-0.2, 0) is 14.3 Å². The van der Waals surface area contributed by atoms with Gasteiger partial charge in [0.15, 0.2) is 13.2 Å². The molecule has 1 aliphatic carbocycles. The number of amides is 1. The molecule has 138 valence electrons. The summed E-state index contributed by atoms with van der Waals surface area (Å²) < 4.78 is 10.5. The van der Waals surface area contributed by atoms with Gasteiger partial charge >= 0.3 is 5.97 Å². The summed E-state index contributed by atoms with van der Waals surface area (Å²) in [5, 5.41) is 5.11. The number of ether oxygens (including phenoxy) is 2. The Labute approximate surface area is 153 Å². The van der Waals surface area contributed by atoms with E-state index < -0.39 is 5.97 Å². The highest BCUT2D eigenvalue weighted by molar-refractivity contribution is 5.84. The Morgan fingerprint density at radius 1 is 1.04 bits per heavy atom. The van der Waals surface area contributed by atoms with E-state index in [0.29, 0.717) is 11.7 Å². The van der Waals surface area contributed by atoms with E-state index in [1.165, 1.54) is 6.42 Å². The molecular formula is C21H25NO4. The van der Waals surface area contributed by atoms with Crippen LogP contribution in [0.1, 0.15) is 32.6 Å². The minimum atomic E-state index is -0.551. The molecule has 5 heteroatoms. The fourth-order valence-electron chi connectivity index (χ4n) is 3.37. The van der Waals surface area contributed by atoms with Gasteiger partial charge in [0.1, 0.15) is 5.75 Å². The summed E-state index contributed by atoms with van der Waals surface area (Å²) in [6.45, 7) is 1.67. The molecule has 2 aromatic carbocycles. The second-order valence-corrected chi connectivity index (χ2v) is 6.89. The molecule has 0 aromatic heterocycles. The summed E-state index contributed by atoms with van der Waals surface area (Å²) in [7, 11) is 0. The normalized spacial score (nSPS) is 19.7. The van der Waals surface area contributed by atoms with Gasteiger partial charge in [0.25, 0.3) is 5.91 Å². The molecule has 2 aromatic rings. The van der Waals surface area contributed by atoms with Crippen molar-refractivity contribution in [2.75, 3.05) is 13.2 Å². The van der Waals surface area contributed by atoms with Crippen molar-refractivity contribution in [3.05, 3.63) is 42.5 Å². The Bertz CT molecular complexity index is 773. The van der Waals surface area contributed by atoms with E-state index in [4.69, 9.17) is 9.47 Å². The first-order valence-corrected chi connectivity index (χ1v) is 9.18. The van der Waals surface area contributed by atoms with Gasteiger partial charge in [0.05, 0.1) is 0 Å². The number of rotatable bonds is 6. The predicted octanol–water partition coefficient (Wildman–Crippen LogP) is 3.46. The maximum Gasteiger partial charge on any atom is 0.344 e. The van der Waals surface area contributed by atoms with Crippen molar-refractivity contribution in [2.24, 2.45) is 5.92 Å². The van der Waals surface area contributed by atoms with Gasteiger partial charge in [0, 0.05) is 6.04 Å². The number of hydrogen-bond acceptors (Lipinski definition) is 4. The molecule has 0 heterocycles. The van der Waals surface area contributed by atoms with Gasteiger partial charge in [-0.1, -0.05) is 50.1 Å². The maximum absolute atomic E-state index is 12.0. The third kappa shape index (κ3) is 4.97. The first-order chi connectivity index (χ1) is 12.6. The van der Waals surface area contributed by atoms with Gasteiger partial charge in [-0.05, 0) is 41.7 Å². The summed E-state index contributed by atoms with van der Waals surface area (Å²) in [4.78, 5) is 23.8. The molecule has 3 rings (SSSR count). The third-order valence-corrected chi connectivity index (χ3v) is 4.90. The Hall–Kier alpha value is -2.56. The molecular weight excluding hydrogens is 330 g/mol. The standard InChI is InChI=1S/C21H25NO4/c1-15-6-2-5-9-19(15)22-20(23)13-26-21(24)14-25-18-11-10-16-7-3-4-8-17(16)12-18/h3-4,7-8,10-12,15,19H,2,5-6,9,13-14H2,1H3,(H,22,23)/t15-,19+/m0/s1. The fraction of sp³-hybridized carbons (Fsp3) is 0.429. The van der Waals surface area contributed by atoms with Gasteiger partial charge in [0.2, 0.25) is 0 Å². The number of esters is 1. The van der Waals surface area contributed by atoms with E-state index >= 15 is 0 Å². The molecule has 2 atom stereocenters. The van der Waals surface area contributed by atoms with Crippen molar-refractivity contribution in [3.8, 4) is 5.75 Å². The minimum Gasteiger partial charge on any atom is -0.482 e. The number of carbonyl (C=O) groups excluding carboxylic acids is 2. The van der Waals surface area contributed by atoms with E-state index in [1.807, 2.05) is 42.5 Å². The number of benzene rings is 2. The molecule has 0 unspecified atom stereocenters. The lowest BCUT2D eigenvalue weighted by atomic mass is 9.86. The number of nitrogens with one attached hydrogen (secondary N) is 1. The number of fused-ring (bicyclic) bond motifs is 1. The molecule has 1 N–H and O–H groups in total. The Morgan fingerprint density at radius 2 is 1.81 bits per heavy atom. The second-order valence-electron chi connectivity index (χ2n) is 6.89. The lowest BCUT2D eigenvalue weighted by molar-refractivity contribution is -0.150. The zero-order valence-electron chi connectivity index (χ0n) is 15.1. The fourth-order valence-corrected chi connectivity index (χ4v) is 3.37. The van der Waals surface area contributed by atoms with Crippen LogP contribution in [-0.4, -0.2) is 31.1 Å². The van der Waals surface area contributed by atoms with Crippen molar-refractivity contribution in [1.82, 2.24) is 5.32 Å². The Balaban J connectivity index is 1.41. The minimum absolute atomic E-state index is 0.184. The molecule has 26 heavy (non-hydrogen) atoms. The molecule has 1 aliphatic rings. The average Bonchev–Trinajstić information content (AvgIpc) is 2.66. The van der Waals surface area contributed by atoms with Crippen molar-refractivity contribution in [3.63, 3.8) is 0 Å². The number of hydrogen-bond donors (Lipinski definition) is 1. The molecule has 0 spiro atoms. The van der Waals surface area contributed by atoms with Crippen molar-refractivity contribution >= 4 is 22.6 Å². The summed E-state index contributed by atoms with van der Waals surface area (Å²) >= 11 is 0. The van der Waals surface area contributed by atoms with Crippen LogP contribution in [0.15, 0.2) is 42.5 Å². The van der Waals surface area contributed by atoms with E-state index in [2.05, 4.69) is 12.2 Å². The maximum atomic E-state index is 12.0. The van der Waals surface area contributed by atoms with Gasteiger partial charge < -0.3 is 14.8 Å². The molecule has 1 saturated carbocycles. The second kappa shape index (κ2) is 8.70. The van der Waals surface area contributed by atoms with Gasteiger partial charge in [-0.2, -0.15) is 0 Å². The number of carbonyl (C=O) groups is 2. The third-order valence-electron chi connectivity index (χ3n) is 4.90.